The number of thioether (sulfide) groups is 2. The van der Waals surface area contributed by atoms with Gasteiger partial charge in [-0.3, -0.25) is 0 Å². The topological polar surface area (TPSA) is 42.2 Å². The number of anilines is 1. The van der Waals surface area contributed by atoms with Crippen LogP contribution in [0.2, 0.25) is 0 Å². The van der Waals surface area contributed by atoms with Crippen molar-refractivity contribution in [3.63, 3.8) is 0 Å². The zero-order chi connectivity index (χ0) is 25.5. The molecule has 5 rings (SSSR count). The van der Waals surface area contributed by atoms with Gasteiger partial charge in [0.15, 0.2) is 5.65 Å². The molecule has 0 saturated carbocycles. The molecule has 0 aliphatic carbocycles. The predicted octanol–water partition coefficient (Wildman–Crippen LogP) is 7.20. The van der Waals surface area contributed by atoms with E-state index < -0.39 is 16.7 Å². The number of benzene rings is 2. The number of nitrogens with zero attached hydrogens (tertiary/aromatic N) is 3. The van der Waals surface area contributed by atoms with Crippen molar-refractivity contribution in [2.75, 3.05) is 23.4 Å². The number of hydrogen-bond acceptors (Lipinski definition) is 5. The largest absolute Gasteiger partial charge is 0.390 e. The minimum absolute atomic E-state index is 0.290. The van der Waals surface area contributed by atoms with Crippen LogP contribution in [-0.4, -0.2) is 38.8 Å². The molecule has 0 radical (unpaired) electrons. The van der Waals surface area contributed by atoms with Crippen LogP contribution in [0.15, 0.2) is 54.7 Å². The van der Waals surface area contributed by atoms with Crippen molar-refractivity contribution < 1.29 is 17.6 Å². The van der Waals surface area contributed by atoms with E-state index in [0.717, 1.165) is 39.5 Å². The summed E-state index contributed by atoms with van der Waals surface area (Å²) in [7, 11) is 0. The zero-order valence-corrected chi connectivity index (χ0v) is 21.3. The zero-order valence-electron chi connectivity index (χ0n) is 19.7. The van der Waals surface area contributed by atoms with Gasteiger partial charge in [0, 0.05) is 23.6 Å². The number of hydrogen-bond donors (Lipinski definition) is 1. The first-order valence-electron chi connectivity index (χ1n) is 11.5. The number of aromatic nitrogens is 3. The van der Waals surface area contributed by atoms with Gasteiger partial charge in [-0.05, 0) is 54.8 Å². The highest BCUT2D eigenvalue weighted by molar-refractivity contribution is 8.20. The molecule has 0 bridgehead atoms. The summed E-state index contributed by atoms with van der Waals surface area (Å²) in [5.74, 6) is 1.33. The summed E-state index contributed by atoms with van der Waals surface area (Å²) in [6.07, 6.45) is -3.56. The third-order valence-electron chi connectivity index (χ3n) is 6.23. The smallest absolute Gasteiger partial charge is 0.382 e. The van der Waals surface area contributed by atoms with Gasteiger partial charge in [0.05, 0.1) is 29.7 Å². The van der Waals surface area contributed by atoms with Crippen molar-refractivity contribution in [1.29, 1.82) is 0 Å². The summed E-state index contributed by atoms with van der Waals surface area (Å²) in [6, 6.07) is 14.3. The molecular weight excluding hydrogens is 508 g/mol. The number of halogens is 4. The van der Waals surface area contributed by atoms with Crippen LogP contribution in [0.5, 0.6) is 0 Å². The van der Waals surface area contributed by atoms with Crippen molar-refractivity contribution in [2.45, 2.75) is 30.5 Å². The van der Waals surface area contributed by atoms with E-state index in [9.17, 15) is 17.6 Å². The maximum absolute atomic E-state index is 14.3. The van der Waals surface area contributed by atoms with Crippen LogP contribution in [0.3, 0.4) is 0 Å². The fraction of sp³-hybridized carbons (Fsp3) is 0.308. The minimum Gasteiger partial charge on any atom is -0.382 e. The second kappa shape index (κ2) is 9.63. The molecule has 36 heavy (non-hydrogen) atoms. The molecule has 4 aromatic rings. The minimum atomic E-state index is -4.28. The maximum Gasteiger partial charge on any atom is 0.390 e. The van der Waals surface area contributed by atoms with Gasteiger partial charge < -0.3 is 5.32 Å². The molecule has 1 N–H and O–H groups in total. The van der Waals surface area contributed by atoms with E-state index in [-0.39, 0.29) is 12.4 Å². The van der Waals surface area contributed by atoms with E-state index in [2.05, 4.69) is 10.3 Å². The van der Waals surface area contributed by atoms with Gasteiger partial charge in [0.2, 0.25) is 0 Å². The summed E-state index contributed by atoms with van der Waals surface area (Å²) < 4.78 is 53.9. The van der Waals surface area contributed by atoms with E-state index >= 15 is 0 Å². The fourth-order valence-corrected chi connectivity index (χ4v) is 7.42. The highest BCUT2D eigenvalue weighted by Crippen LogP contribution is 2.56. The Bertz CT molecular complexity index is 1410. The molecule has 2 aromatic heterocycles. The lowest BCUT2D eigenvalue weighted by molar-refractivity contribution is -0.131. The van der Waals surface area contributed by atoms with Crippen LogP contribution in [0, 0.1) is 19.7 Å². The Morgan fingerprint density at radius 3 is 2.50 bits per heavy atom. The quantitative estimate of drug-likeness (QED) is 0.266. The molecule has 0 spiro atoms. The first-order chi connectivity index (χ1) is 17.2. The summed E-state index contributed by atoms with van der Waals surface area (Å²) in [4.78, 5) is 4.52. The average molecular weight is 533 g/mol. The van der Waals surface area contributed by atoms with E-state index in [1.165, 1.54) is 12.1 Å². The molecule has 0 unspecified atom stereocenters. The number of rotatable bonds is 6. The lowest BCUT2D eigenvalue weighted by Crippen LogP contribution is -2.21. The standard InChI is InChI=1S/C26H24F4N4S2/c1-16-6-7-18(12-17(16)2)22-15-32-24-21(31-9-8-25(28,29)30)14-23(33-34(22)24)26(35-10-11-36-26)19-4-3-5-20(27)13-19/h3-7,12-15,31H,8-11H2,1-2H3. The van der Waals surface area contributed by atoms with E-state index in [1.54, 1.807) is 46.4 Å². The van der Waals surface area contributed by atoms with Gasteiger partial charge in [-0.1, -0.05) is 24.3 Å². The van der Waals surface area contributed by atoms with Gasteiger partial charge in [-0.2, -0.15) is 18.3 Å². The lowest BCUT2D eigenvalue weighted by Gasteiger charge is -2.28. The molecule has 1 fully saturated rings. The number of imidazole rings is 1. The van der Waals surface area contributed by atoms with Gasteiger partial charge >= 0.3 is 6.18 Å². The van der Waals surface area contributed by atoms with Gasteiger partial charge in [-0.15, -0.1) is 23.5 Å². The van der Waals surface area contributed by atoms with E-state index in [4.69, 9.17) is 5.10 Å². The molecular formula is C26H24F4N4S2. The lowest BCUT2D eigenvalue weighted by atomic mass is 10.0. The molecule has 10 heteroatoms. The summed E-state index contributed by atoms with van der Waals surface area (Å²) in [5, 5.41) is 7.91. The average Bonchev–Trinajstić information content (AvgIpc) is 3.48. The third-order valence-corrected chi connectivity index (χ3v) is 9.71. The summed E-state index contributed by atoms with van der Waals surface area (Å²) in [6.45, 7) is 3.77. The van der Waals surface area contributed by atoms with E-state index in [0.29, 0.717) is 17.0 Å². The Balaban J connectivity index is 1.69. The maximum atomic E-state index is 14.3. The predicted molar refractivity (Wildman–Crippen MR) is 139 cm³/mol. The first-order valence-corrected chi connectivity index (χ1v) is 13.4. The number of alkyl halides is 3. The Morgan fingerprint density at radius 2 is 1.81 bits per heavy atom. The molecule has 4 nitrogen and oxygen atoms in total. The van der Waals surface area contributed by atoms with Gasteiger partial charge in [0.25, 0.3) is 0 Å². The second-order valence-electron chi connectivity index (χ2n) is 8.74. The Hall–Kier alpha value is -2.72. The normalized spacial score (nSPS) is 15.5. The molecule has 2 aromatic carbocycles. The fourth-order valence-electron chi connectivity index (χ4n) is 4.26. The Labute approximate surface area is 214 Å². The van der Waals surface area contributed by atoms with Crippen molar-refractivity contribution in [1.82, 2.24) is 14.6 Å². The van der Waals surface area contributed by atoms with Crippen LogP contribution >= 0.6 is 23.5 Å². The third kappa shape index (κ3) is 4.80. The first kappa shape index (κ1) is 25.0. The van der Waals surface area contributed by atoms with Crippen LogP contribution in [0.1, 0.15) is 28.8 Å². The monoisotopic (exact) mass is 532 g/mol. The number of aryl methyl sites for hydroxylation is 2. The number of nitrogens with one attached hydrogen (secondary N) is 1. The SMILES string of the molecule is Cc1ccc(-c2cnc3c(NCCC(F)(F)F)cc(C4(c5cccc(F)c5)SCCS4)nn23)cc1C. The second-order valence-corrected chi connectivity index (χ2v) is 11.6. The highest BCUT2D eigenvalue weighted by atomic mass is 32.2. The van der Waals surface area contributed by atoms with Crippen molar-refractivity contribution in [2.24, 2.45) is 0 Å². The highest BCUT2D eigenvalue weighted by Gasteiger charge is 2.42. The molecule has 3 heterocycles. The van der Waals surface area contributed by atoms with Crippen LogP contribution in [0.25, 0.3) is 16.9 Å². The van der Waals surface area contributed by atoms with Crippen molar-refractivity contribution >= 4 is 34.9 Å². The number of fused-ring (bicyclic) bond motifs is 1. The van der Waals surface area contributed by atoms with E-state index in [1.807, 2.05) is 38.1 Å². The molecule has 1 aliphatic heterocycles. The van der Waals surface area contributed by atoms with Crippen molar-refractivity contribution in [3.05, 3.63) is 82.9 Å². The van der Waals surface area contributed by atoms with Crippen LogP contribution in [-0.2, 0) is 4.08 Å². The molecule has 1 aliphatic rings. The molecule has 188 valence electrons. The summed E-state index contributed by atoms with van der Waals surface area (Å²) in [5.41, 5.74) is 6.19. The summed E-state index contributed by atoms with van der Waals surface area (Å²) >= 11 is 3.30. The van der Waals surface area contributed by atoms with Crippen LogP contribution in [0.4, 0.5) is 23.2 Å². The Kier molecular flexibility index (Phi) is 6.67. The molecule has 0 amide bonds. The Morgan fingerprint density at radius 1 is 1.03 bits per heavy atom. The van der Waals surface area contributed by atoms with Crippen LogP contribution < -0.4 is 5.32 Å². The molecule has 0 atom stereocenters. The van der Waals surface area contributed by atoms with Gasteiger partial charge in [-0.25, -0.2) is 13.9 Å². The van der Waals surface area contributed by atoms with Crippen molar-refractivity contribution in [3.8, 4) is 11.3 Å². The van der Waals surface area contributed by atoms with Gasteiger partial charge in [0.1, 0.15) is 9.90 Å². The molecule has 1 saturated heterocycles.